The quantitative estimate of drug-likeness (QED) is 0.603. The van der Waals surface area contributed by atoms with E-state index in [1.807, 2.05) is 23.1 Å². The van der Waals surface area contributed by atoms with Crippen LogP contribution in [-0.4, -0.2) is 46.2 Å². The number of nitrogens with zero attached hydrogens (tertiary/aromatic N) is 1. The van der Waals surface area contributed by atoms with Gasteiger partial charge in [-0.25, -0.2) is 0 Å². The van der Waals surface area contributed by atoms with Gasteiger partial charge in [-0.3, -0.25) is 9.59 Å². The standard InChI is InChI=1S/C20H29NO4/c22-15-18-14-17(11-5-2-6-12-19(23)24)20(25)21(18)13-7-10-16-8-3-1-4-9-16/h1,3-4,8-9,17-18,22H,2,5-7,10-15H2,(H,23,24)/t17-,18+/m1/s1. The normalized spacial score (nSPS) is 20.2. The predicted octanol–water partition coefficient (Wildman–Crippen LogP) is 2.86. The number of hydrogen-bond donors (Lipinski definition) is 2. The van der Waals surface area contributed by atoms with Crippen LogP contribution < -0.4 is 0 Å². The molecule has 1 aliphatic rings. The number of aliphatic carboxylic acids is 1. The minimum absolute atomic E-state index is 0.0151. The number of carboxylic acids is 1. The van der Waals surface area contributed by atoms with Crippen LogP contribution in [0.4, 0.5) is 0 Å². The zero-order chi connectivity index (χ0) is 18.1. The third-order valence-corrected chi connectivity index (χ3v) is 4.99. The fourth-order valence-corrected chi connectivity index (χ4v) is 3.62. The molecule has 138 valence electrons. The lowest BCUT2D eigenvalue weighted by Crippen LogP contribution is -2.37. The average Bonchev–Trinajstić information content (AvgIpc) is 2.91. The number of aliphatic hydroxyl groups excluding tert-OH is 1. The summed E-state index contributed by atoms with van der Waals surface area (Å²) in [7, 11) is 0. The number of aliphatic hydroxyl groups is 1. The van der Waals surface area contributed by atoms with E-state index in [0.717, 1.165) is 38.5 Å². The average molecular weight is 347 g/mol. The van der Waals surface area contributed by atoms with Crippen molar-refractivity contribution in [3.8, 4) is 0 Å². The minimum Gasteiger partial charge on any atom is -0.481 e. The fourth-order valence-electron chi connectivity index (χ4n) is 3.62. The number of likely N-dealkylation sites (tertiary alicyclic amines) is 1. The first kappa shape index (κ1) is 19.4. The Morgan fingerprint density at radius 3 is 2.56 bits per heavy atom. The highest BCUT2D eigenvalue weighted by molar-refractivity contribution is 5.81. The molecule has 1 fully saturated rings. The number of benzene rings is 1. The Morgan fingerprint density at radius 1 is 1.12 bits per heavy atom. The first-order valence-corrected chi connectivity index (χ1v) is 9.29. The van der Waals surface area contributed by atoms with E-state index < -0.39 is 5.97 Å². The van der Waals surface area contributed by atoms with E-state index in [1.54, 1.807) is 0 Å². The predicted molar refractivity (Wildman–Crippen MR) is 96.2 cm³/mol. The summed E-state index contributed by atoms with van der Waals surface area (Å²) < 4.78 is 0. The first-order chi connectivity index (χ1) is 12.1. The zero-order valence-corrected chi connectivity index (χ0v) is 14.8. The summed E-state index contributed by atoms with van der Waals surface area (Å²) >= 11 is 0. The molecule has 0 aromatic heterocycles. The fraction of sp³-hybridized carbons (Fsp3) is 0.600. The van der Waals surface area contributed by atoms with Gasteiger partial charge in [0.25, 0.3) is 0 Å². The van der Waals surface area contributed by atoms with Crippen LogP contribution in [-0.2, 0) is 16.0 Å². The Balaban J connectivity index is 1.74. The SMILES string of the molecule is O=C(O)CCCCC[C@@H]1C[C@@H](CO)N(CCCc2ccccc2)C1=O. The molecule has 1 aromatic rings. The Hall–Kier alpha value is -1.88. The Morgan fingerprint density at radius 2 is 1.88 bits per heavy atom. The number of amides is 1. The Kier molecular flexibility index (Phi) is 7.92. The van der Waals surface area contributed by atoms with Crippen LogP contribution in [0.25, 0.3) is 0 Å². The van der Waals surface area contributed by atoms with E-state index in [-0.39, 0.29) is 30.9 Å². The van der Waals surface area contributed by atoms with E-state index in [1.165, 1.54) is 5.56 Å². The van der Waals surface area contributed by atoms with Gasteiger partial charge < -0.3 is 15.1 Å². The van der Waals surface area contributed by atoms with Crippen molar-refractivity contribution in [1.29, 1.82) is 0 Å². The summed E-state index contributed by atoms with van der Waals surface area (Å²) in [6.07, 6.45) is 5.93. The number of carbonyl (C=O) groups is 2. The van der Waals surface area contributed by atoms with Crippen LogP contribution in [0.1, 0.15) is 50.5 Å². The van der Waals surface area contributed by atoms with Gasteiger partial charge in [-0.2, -0.15) is 0 Å². The molecule has 1 aromatic carbocycles. The molecule has 1 saturated heterocycles. The number of unbranched alkanes of at least 4 members (excludes halogenated alkanes) is 2. The molecular formula is C20H29NO4. The lowest BCUT2D eigenvalue weighted by atomic mass is 9.97. The molecule has 0 radical (unpaired) electrons. The second-order valence-corrected chi connectivity index (χ2v) is 6.88. The number of rotatable bonds is 11. The molecule has 1 aliphatic heterocycles. The van der Waals surface area contributed by atoms with Crippen LogP contribution in [0.2, 0.25) is 0 Å². The van der Waals surface area contributed by atoms with E-state index in [4.69, 9.17) is 5.11 Å². The number of carboxylic acid groups (broad SMARTS) is 1. The highest BCUT2D eigenvalue weighted by Crippen LogP contribution is 2.29. The summed E-state index contributed by atoms with van der Waals surface area (Å²) in [6, 6.07) is 10.2. The monoisotopic (exact) mass is 347 g/mol. The Bertz CT molecular complexity index is 546. The molecule has 0 bridgehead atoms. The summed E-state index contributed by atoms with van der Waals surface area (Å²) in [5.41, 5.74) is 1.27. The highest BCUT2D eigenvalue weighted by atomic mass is 16.4. The van der Waals surface area contributed by atoms with Crippen molar-refractivity contribution in [2.45, 2.75) is 57.4 Å². The van der Waals surface area contributed by atoms with Crippen molar-refractivity contribution in [1.82, 2.24) is 4.90 Å². The topological polar surface area (TPSA) is 77.8 Å². The van der Waals surface area contributed by atoms with Crippen LogP contribution in [0, 0.1) is 5.92 Å². The first-order valence-electron chi connectivity index (χ1n) is 9.29. The summed E-state index contributed by atoms with van der Waals surface area (Å²) in [5, 5.41) is 18.2. The second kappa shape index (κ2) is 10.2. The van der Waals surface area contributed by atoms with Gasteiger partial charge in [0.1, 0.15) is 0 Å². The van der Waals surface area contributed by atoms with Crippen LogP contribution in [0.3, 0.4) is 0 Å². The maximum atomic E-state index is 12.6. The van der Waals surface area contributed by atoms with E-state index in [2.05, 4.69) is 12.1 Å². The minimum atomic E-state index is -0.762. The van der Waals surface area contributed by atoms with Crippen molar-refractivity contribution in [3.63, 3.8) is 0 Å². The highest BCUT2D eigenvalue weighted by Gasteiger charge is 2.37. The van der Waals surface area contributed by atoms with Crippen molar-refractivity contribution < 1.29 is 19.8 Å². The zero-order valence-electron chi connectivity index (χ0n) is 14.8. The van der Waals surface area contributed by atoms with Crippen molar-refractivity contribution in [2.24, 2.45) is 5.92 Å². The smallest absolute Gasteiger partial charge is 0.303 e. The van der Waals surface area contributed by atoms with Gasteiger partial charge in [0, 0.05) is 18.9 Å². The summed E-state index contributed by atoms with van der Waals surface area (Å²) in [6.45, 7) is 0.709. The maximum Gasteiger partial charge on any atom is 0.303 e. The van der Waals surface area contributed by atoms with Gasteiger partial charge >= 0.3 is 5.97 Å². The molecule has 1 amide bonds. The molecule has 5 nitrogen and oxygen atoms in total. The molecular weight excluding hydrogens is 318 g/mol. The number of aryl methyl sites for hydroxylation is 1. The molecule has 2 N–H and O–H groups in total. The Labute approximate surface area is 149 Å². The molecule has 2 rings (SSSR count). The maximum absolute atomic E-state index is 12.6. The molecule has 5 heteroatoms. The van der Waals surface area contributed by atoms with E-state index >= 15 is 0 Å². The molecule has 0 spiro atoms. The molecule has 1 heterocycles. The van der Waals surface area contributed by atoms with Crippen LogP contribution in [0.15, 0.2) is 30.3 Å². The van der Waals surface area contributed by atoms with Gasteiger partial charge in [0.2, 0.25) is 5.91 Å². The van der Waals surface area contributed by atoms with Gasteiger partial charge in [0.05, 0.1) is 12.6 Å². The van der Waals surface area contributed by atoms with Gasteiger partial charge in [-0.05, 0) is 37.7 Å². The third kappa shape index (κ3) is 6.16. The second-order valence-electron chi connectivity index (χ2n) is 6.88. The molecule has 0 aliphatic carbocycles. The van der Waals surface area contributed by atoms with Crippen molar-refractivity contribution in [2.75, 3.05) is 13.2 Å². The van der Waals surface area contributed by atoms with Gasteiger partial charge in [-0.15, -0.1) is 0 Å². The lowest BCUT2D eigenvalue weighted by molar-refractivity contribution is -0.137. The summed E-state index contributed by atoms with van der Waals surface area (Å²) in [5.74, 6) is -0.620. The number of hydrogen-bond acceptors (Lipinski definition) is 3. The summed E-state index contributed by atoms with van der Waals surface area (Å²) in [4.78, 5) is 25.0. The lowest BCUT2D eigenvalue weighted by Gasteiger charge is -2.23. The van der Waals surface area contributed by atoms with Gasteiger partial charge in [-0.1, -0.05) is 43.2 Å². The van der Waals surface area contributed by atoms with E-state index in [0.29, 0.717) is 13.0 Å². The molecule has 0 saturated carbocycles. The van der Waals surface area contributed by atoms with Gasteiger partial charge in [0.15, 0.2) is 0 Å². The van der Waals surface area contributed by atoms with Crippen molar-refractivity contribution in [3.05, 3.63) is 35.9 Å². The number of carbonyl (C=O) groups excluding carboxylic acids is 1. The van der Waals surface area contributed by atoms with Crippen LogP contribution >= 0.6 is 0 Å². The molecule has 0 unspecified atom stereocenters. The van der Waals surface area contributed by atoms with Crippen LogP contribution in [0.5, 0.6) is 0 Å². The third-order valence-electron chi connectivity index (χ3n) is 4.99. The molecule has 2 atom stereocenters. The largest absolute Gasteiger partial charge is 0.481 e. The van der Waals surface area contributed by atoms with E-state index in [9.17, 15) is 14.7 Å². The molecule has 25 heavy (non-hydrogen) atoms. The van der Waals surface area contributed by atoms with Crippen molar-refractivity contribution >= 4 is 11.9 Å².